The topological polar surface area (TPSA) is 89.3 Å². The van der Waals surface area contributed by atoms with Gasteiger partial charge in [-0.05, 0) is 42.0 Å². The molecule has 0 aliphatic carbocycles. The van der Waals surface area contributed by atoms with Crippen molar-refractivity contribution < 1.29 is 17.6 Å². The number of benzene rings is 2. The zero-order valence-corrected chi connectivity index (χ0v) is 11.7. The van der Waals surface area contributed by atoms with Crippen LogP contribution >= 0.6 is 0 Å². The Morgan fingerprint density at radius 2 is 1.62 bits per heavy atom. The van der Waals surface area contributed by atoms with E-state index in [1.165, 1.54) is 24.3 Å². The minimum absolute atomic E-state index is 0.0369. The number of primary amides is 1. The first-order valence-corrected chi connectivity index (χ1v) is 7.51. The smallest absolute Gasteiger partial charge is 0.261 e. The Morgan fingerprint density at radius 3 is 2.14 bits per heavy atom. The molecule has 5 nitrogen and oxygen atoms in total. The maximum Gasteiger partial charge on any atom is 0.261 e. The maximum absolute atomic E-state index is 12.8. The number of nitrogens with two attached hydrogens (primary N) is 1. The molecule has 2 aromatic rings. The summed E-state index contributed by atoms with van der Waals surface area (Å²) in [5.74, 6) is -0.973. The van der Waals surface area contributed by atoms with Crippen LogP contribution in [0, 0.1) is 5.82 Å². The average Bonchev–Trinajstić information content (AvgIpc) is 2.40. The van der Waals surface area contributed by atoms with Crippen LogP contribution in [-0.4, -0.2) is 14.3 Å². The summed E-state index contributed by atoms with van der Waals surface area (Å²) in [6.45, 7) is 0. The standard InChI is InChI=1S/C14H13FN2O3S/c15-11-3-7-13(8-4-11)21(19,20)17-12-5-1-10(2-6-12)9-14(16)18/h1-8,17H,9H2,(H2,16,18). The summed E-state index contributed by atoms with van der Waals surface area (Å²) < 4.78 is 39.3. The fourth-order valence-electron chi connectivity index (χ4n) is 1.72. The lowest BCUT2D eigenvalue weighted by Gasteiger charge is -2.08. The minimum Gasteiger partial charge on any atom is -0.369 e. The Labute approximate surface area is 121 Å². The SMILES string of the molecule is NC(=O)Cc1ccc(NS(=O)(=O)c2ccc(F)cc2)cc1. The van der Waals surface area contributed by atoms with Crippen LogP contribution in [-0.2, 0) is 21.2 Å². The Bertz CT molecular complexity index is 741. The second-order valence-corrected chi connectivity index (χ2v) is 6.08. The second kappa shape index (κ2) is 5.92. The van der Waals surface area contributed by atoms with Crippen molar-refractivity contribution in [2.75, 3.05) is 4.72 Å². The molecule has 0 unspecified atom stereocenters. The van der Waals surface area contributed by atoms with Crippen molar-refractivity contribution in [3.8, 4) is 0 Å². The molecule has 0 heterocycles. The summed E-state index contributed by atoms with van der Waals surface area (Å²) in [4.78, 5) is 10.7. The van der Waals surface area contributed by atoms with Crippen LogP contribution < -0.4 is 10.5 Å². The Kier molecular flexibility index (Phi) is 4.23. The lowest BCUT2D eigenvalue weighted by atomic mass is 10.1. The highest BCUT2D eigenvalue weighted by Crippen LogP contribution is 2.17. The summed E-state index contributed by atoms with van der Waals surface area (Å²) in [5, 5.41) is 0. The van der Waals surface area contributed by atoms with Gasteiger partial charge in [0.05, 0.1) is 11.3 Å². The zero-order valence-electron chi connectivity index (χ0n) is 10.9. The molecule has 2 rings (SSSR count). The van der Waals surface area contributed by atoms with Crippen LogP contribution in [0.1, 0.15) is 5.56 Å². The monoisotopic (exact) mass is 308 g/mol. The number of halogens is 1. The molecule has 0 saturated carbocycles. The van der Waals surface area contributed by atoms with E-state index in [0.717, 1.165) is 12.1 Å². The molecule has 110 valence electrons. The molecule has 0 atom stereocenters. The summed E-state index contributed by atoms with van der Waals surface area (Å²) in [5.41, 5.74) is 6.10. The van der Waals surface area contributed by atoms with E-state index in [-0.39, 0.29) is 11.3 Å². The normalized spacial score (nSPS) is 11.1. The molecule has 0 aliphatic rings. The van der Waals surface area contributed by atoms with Gasteiger partial charge in [0.1, 0.15) is 5.82 Å². The largest absolute Gasteiger partial charge is 0.369 e. The van der Waals surface area contributed by atoms with Gasteiger partial charge in [0.25, 0.3) is 10.0 Å². The van der Waals surface area contributed by atoms with E-state index in [9.17, 15) is 17.6 Å². The van der Waals surface area contributed by atoms with Gasteiger partial charge in [0, 0.05) is 5.69 Å². The van der Waals surface area contributed by atoms with Gasteiger partial charge in [-0.15, -0.1) is 0 Å². The third-order valence-corrected chi connectivity index (χ3v) is 4.11. The molecule has 7 heteroatoms. The summed E-state index contributed by atoms with van der Waals surface area (Å²) in [6.07, 6.45) is 0.0883. The molecule has 21 heavy (non-hydrogen) atoms. The van der Waals surface area contributed by atoms with Gasteiger partial charge in [0.2, 0.25) is 5.91 Å². The van der Waals surface area contributed by atoms with E-state index >= 15 is 0 Å². The number of nitrogens with one attached hydrogen (secondary N) is 1. The maximum atomic E-state index is 12.8. The van der Waals surface area contributed by atoms with E-state index < -0.39 is 21.7 Å². The number of hydrogen-bond donors (Lipinski definition) is 2. The van der Waals surface area contributed by atoms with E-state index in [2.05, 4.69) is 4.72 Å². The third-order valence-electron chi connectivity index (χ3n) is 2.71. The molecule has 0 radical (unpaired) electrons. The van der Waals surface area contributed by atoms with Crippen molar-refractivity contribution in [1.82, 2.24) is 0 Å². The van der Waals surface area contributed by atoms with E-state index in [1.54, 1.807) is 12.1 Å². The fraction of sp³-hybridized carbons (Fsp3) is 0.0714. The van der Waals surface area contributed by atoms with Gasteiger partial charge in [-0.25, -0.2) is 12.8 Å². The molecular formula is C14H13FN2O3S. The number of carbonyl (C=O) groups is 1. The molecule has 1 amide bonds. The number of anilines is 1. The molecule has 0 aliphatic heterocycles. The van der Waals surface area contributed by atoms with Gasteiger partial charge < -0.3 is 5.73 Å². The first-order chi connectivity index (χ1) is 9.87. The van der Waals surface area contributed by atoms with Crippen LogP contribution in [0.4, 0.5) is 10.1 Å². The van der Waals surface area contributed by atoms with Crippen LogP contribution in [0.3, 0.4) is 0 Å². The second-order valence-electron chi connectivity index (χ2n) is 4.40. The first kappa shape index (κ1) is 15.0. The zero-order chi connectivity index (χ0) is 15.5. The quantitative estimate of drug-likeness (QED) is 0.880. The fourth-order valence-corrected chi connectivity index (χ4v) is 2.78. The number of hydrogen-bond acceptors (Lipinski definition) is 3. The average molecular weight is 308 g/mol. The van der Waals surface area contributed by atoms with Crippen molar-refractivity contribution in [2.45, 2.75) is 11.3 Å². The van der Waals surface area contributed by atoms with E-state index in [0.29, 0.717) is 11.3 Å². The lowest BCUT2D eigenvalue weighted by molar-refractivity contribution is -0.117. The Hall–Kier alpha value is -2.41. The summed E-state index contributed by atoms with van der Waals surface area (Å²) in [7, 11) is -3.77. The highest BCUT2D eigenvalue weighted by molar-refractivity contribution is 7.92. The lowest BCUT2D eigenvalue weighted by Crippen LogP contribution is -2.14. The van der Waals surface area contributed by atoms with Gasteiger partial charge in [-0.1, -0.05) is 12.1 Å². The summed E-state index contributed by atoms with van der Waals surface area (Å²) in [6, 6.07) is 10.8. The predicted octanol–water partition coefficient (Wildman–Crippen LogP) is 1.65. The number of amides is 1. The van der Waals surface area contributed by atoms with Crippen LogP contribution in [0.5, 0.6) is 0 Å². The highest BCUT2D eigenvalue weighted by Gasteiger charge is 2.14. The minimum atomic E-state index is -3.77. The van der Waals surface area contributed by atoms with Crippen LogP contribution in [0.15, 0.2) is 53.4 Å². The molecular weight excluding hydrogens is 295 g/mol. The van der Waals surface area contributed by atoms with Crippen LogP contribution in [0.2, 0.25) is 0 Å². The third kappa shape index (κ3) is 4.03. The molecule has 0 fully saturated rings. The number of sulfonamides is 1. The predicted molar refractivity (Wildman–Crippen MR) is 76.5 cm³/mol. The number of carbonyl (C=O) groups excluding carboxylic acids is 1. The van der Waals surface area contributed by atoms with Crippen molar-refractivity contribution >= 4 is 21.6 Å². The van der Waals surface area contributed by atoms with Crippen molar-refractivity contribution in [3.05, 3.63) is 59.9 Å². The van der Waals surface area contributed by atoms with Crippen molar-refractivity contribution in [2.24, 2.45) is 5.73 Å². The Morgan fingerprint density at radius 1 is 1.05 bits per heavy atom. The van der Waals surface area contributed by atoms with Crippen molar-refractivity contribution in [3.63, 3.8) is 0 Å². The molecule has 0 saturated heterocycles. The van der Waals surface area contributed by atoms with Gasteiger partial charge in [-0.2, -0.15) is 0 Å². The van der Waals surface area contributed by atoms with Crippen LogP contribution in [0.25, 0.3) is 0 Å². The number of rotatable bonds is 5. The molecule has 0 spiro atoms. The summed E-state index contributed by atoms with van der Waals surface area (Å²) >= 11 is 0. The van der Waals surface area contributed by atoms with Gasteiger partial charge in [0.15, 0.2) is 0 Å². The van der Waals surface area contributed by atoms with Gasteiger partial charge >= 0.3 is 0 Å². The molecule has 2 aromatic carbocycles. The molecule has 0 aromatic heterocycles. The van der Waals surface area contributed by atoms with E-state index in [1.807, 2.05) is 0 Å². The molecule has 0 bridgehead atoms. The van der Waals surface area contributed by atoms with Gasteiger partial charge in [-0.3, -0.25) is 9.52 Å². The van der Waals surface area contributed by atoms with E-state index in [4.69, 9.17) is 5.73 Å². The first-order valence-electron chi connectivity index (χ1n) is 6.02. The molecule has 3 N–H and O–H groups in total. The van der Waals surface area contributed by atoms with Crippen molar-refractivity contribution in [1.29, 1.82) is 0 Å². The Balaban J connectivity index is 2.16. The highest BCUT2D eigenvalue weighted by atomic mass is 32.2.